The topological polar surface area (TPSA) is 84.4 Å². The van der Waals surface area contributed by atoms with E-state index in [2.05, 4.69) is 19.6 Å². The lowest BCUT2D eigenvalue weighted by molar-refractivity contribution is 0.122. The molecule has 1 aliphatic heterocycles. The average Bonchev–Trinajstić information content (AvgIpc) is 2.61. The van der Waals surface area contributed by atoms with Crippen molar-refractivity contribution in [1.29, 1.82) is 0 Å². The zero-order valence-corrected chi connectivity index (χ0v) is 14.4. The molecule has 1 N–H and O–H groups in total. The molecule has 0 spiro atoms. The molecule has 3 rings (SSSR count). The van der Waals surface area contributed by atoms with Crippen LogP contribution in [0.4, 0.5) is 5.82 Å². The fourth-order valence-electron chi connectivity index (χ4n) is 2.41. The Balaban J connectivity index is 1.75. The zero-order valence-electron chi connectivity index (χ0n) is 12.9. The molecule has 1 fully saturated rings. The van der Waals surface area contributed by atoms with Gasteiger partial charge in [0.1, 0.15) is 15.9 Å². The van der Waals surface area contributed by atoms with Crippen molar-refractivity contribution in [2.24, 2.45) is 0 Å². The Bertz CT molecular complexity index is 793. The fourth-order valence-corrected chi connectivity index (χ4v) is 3.47. The molecule has 24 heavy (non-hydrogen) atoms. The van der Waals surface area contributed by atoms with E-state index in [0.717, 1.165) is 24.5 Å². The Morgan fingerprint density at radius 3 is 2.71 bits per heavy atom. The van der Waals surface area contributed by atoms with Gasteiger partial charge in [-0.25, -0.2) is 23.1 Å². The summed E-state index contributed by atoms with van der Waals surface area (Å²) in [5.41, 5.74) is 0.810. The molecule has 9 heteroatoms. The summed E-state index contributed by atoms with van der Waals surface area (Å²) in [5, 5.41) is 0.246. The highest BCUT2D eigenvalue weighted by atomic mass is 35.5. The average molecular weight is 369 g/mol. The van der Waals surface area contributed by atoms with Gasteiger partial charge in [0.15, 0.2) is 0 Å². The predicted octanol–water partition coefficient (Wildman–Crippen LogP) is 1.45. The highest BCUT2D eigenvalue weighted by Gasteiger charge is 2.18. The number of nitrogens with one attached hydrogen (secondary N) is 1. The van der Waals surface area contributed by atoms with Gasteiger partial charge in [-0.2, -0.15) is 0 Å². The molecule has 0 aliphatic carbocycles. The number of anilines is 1. The molecule has 0 unspecified atom stereocenters. The minimum Gasteiger partial charge on any atom is -0.378 e. The van der Waals surface area contributed by atoms with Gasteiger partial charge < -0.3 is 9.64 Å². The number of pyridine rings is 2. The van der Waals surface area contributed by atoms with Crippen LogP contribution in [-0.2, 0) is 21.3 Å². The number of nitrogens with zero attached hydrogens (tertiary/aromatic N) is 3. The lowest BCUT2D eigenvalue weighted by Gasteiger charge is -2.29. The van der Waals surface area contributed by atoms with Crippen LogP contribution in [0.1, 0.15) is 5.56 Å². The summed E-state index contributed by atoms with van der Waals surface area (Å²) in [6.45, 7) is 2.89. The van der Waals surface area contributed by atoms with E-state index in [1.165, 1.54) is 18.3 Å². The van der Waals surface area contributed by atoms with E-state index >= 15 is 0 Å². The number of hydrogen-bond acceptors (Lipinski definition) is 6. The number of rotatable bonds is 5. The third-order valence-corrected chi connectivity index (χ3v) is 5.25. The lowest BCUT2D eigenvalue weighted by atomic mass is 10.2. The molecular weight excluding hydrogens is 352 g/mol. The van der Waals surface area contributed by atoms with E-state index in [0.29, 0.717) is 13.2 Å². The molecule has 2 aromatic rings. The summed E-state index contributed by atoms with van der Waals surface area (Å²) < 4.78 is 32.6. The molecule has 3 heterocycles. The quantitative estimate of drug-likeness (QED) is 0.804. The summed E-state index contributed by atoms with van der Waals surface area (Å²) in [6, 6.07) is 6.51. The minimum absolute atomic E-state index is 0.0729. The molecule has 0 amide bonds. The Labute approximate surface area is 145 Å². The molecule has 1 saturated heterocycles. The van der Waals surface area contributed by atoms with Gasteiger partial charge in [0.2, 0.25) is 10.0 Å². The van der Waals surface area contributed by atoms with Gasteiger partial charge in [0.05, 0.1) is 13.2 Å². The summed E-state index contributed by atoms with van der Waals surface area (Å²) in [7, 11) is -3.66. The van der Waals surface area contributed by atoms with Crippen LogP contribution in [-0.4, -0.2) is 44.7 Å². The van der Waals surface area contributed by atoms with Gasteiger partial charge in [-0.15, -0.1) is 0 Å². The van der Waals surface area contributed by atoms with Gasteiger partial charge >= 0.3 is 0 Å². The van der Waals surface area contributed by atoms with E-state index < -0.39 is 10.0 Å². The van der Waals surface area contributed by atoms with Gasteiger partial charge in [-0.05, 0) is 18.2 Å². The van der Waals surface area contributed by atoms with Crippen LogP contribution in [0.2, 0.25) is 5.15 Å². The van der Waals surface area contributed by atoms with Crippen LogP contribution in [0.25, 0.3) is 0 Å². The summed E-state index contributed by atoms with van der Waals surface area (Å²) in [4.78, 5) is 10.4. The minimum atomic E-state index is -3.66. The van der Waals surface area contributed by atoms with Crippen LogP contribution in [0.15, 0.2) is 41.6 Å². The summed E-state index contributed by atoms with van der Waals surface area (Å²) in [5.74, 6) is 0.776. The second-order valence-corrected chi connectivity index (χ2v) is 7.38. The first-order chi connectivity index (χ1) is 11.6. The van der Waals surface area contributed by atoms with Gasteiger partial charge in [0.25, 0.3) is 0 Å². The van der Waals surface area contributed by atoms with Crippen molar-refractivity contribution >= 4 is 27.4 Å². The Morgan fingerprint density at radius 1 is 1.21 bits per heavy atom. The fraction of sp³-hybridized carbons (Fsp3) is 0.333. The summed E-state index contributed by atoms with van der Waals surface area (Å²) in [6.07, 6.45) is 2.93. The van der Waals surface area contributed by atoms with Crippen LogP contribution in [0.3, 0.4) is 0 Å². The number of aromatic nitrogens is 2. The van der Waals surface area contributed by atoms with E-state index in [4.69, 9.17) is 16.3 Å². The SMILES string of the molecule is O=S(=O)(NCc1cccnc1N1CCOCC1)c1ccc(Cl)nc1. The van der Waals surface area contributed by atoms with Gasteiger partial charge in [-0.3, -0.25) is 0 Å². The highest BCUT2D eigenvalue weighted by Crippen LogP contribution is 2.19. The van der Waals surface area contributed by atoms with Crippen molar-refractivity contribution in [2.45, 2.75) is 11.4 Å². The van der Waals surface area contributed by atoms with Gasteiger partial charge in [-0.1, -0.05) is 17.7 Å². The molecule has 1 aliphatic rings. The van der Waals surface area contributed by atoms with E-state index in [9.17, 15) is 8.42 Å². The number of hydrogen-bond donors (Lipinski definition) is 1. The molecule has 0 bridgehead atoms. The summed E-state index contributed by atoms with van der Waals surface area (Å²) >= 11 is 5.69. The lowest BCUT2D eigenvalue weighted by Crippen LogP contribution is -2.37. The molecular formula is C15H17ClN4O3S. The first kappa shape index (κ1) is 17.1. The van der Waals surface area contributed by atoms with E-state index in [1.54, 1.807) is 12.3 Å². The molecule has 128 valence electrons. The van der Waals surface area contributed by atoms with Crippen molar-refractivity contribution < 1.29 is 13.2 Å². The van der Waals surface area contributed by atoms with Crippen molar-refractivity contribution in [3.63, 3.8) is 0 Å². The molecule has 0 radical (unpaired) electrons. The molecule has 2 aromatic heterocycles. The normalized spacial score (nSPS) is 15.5. The number of sulfonamides is 1. The maximum atomic E-state index is 12.4. The van der Waals surface area contributed by atoms with Crippen LogP contribution in [0.5, 0.6) is 0 Å². The van der Waals surface area contributed by atoms with Crippen molar-refractivity contribution in [3.05, 3.63) is 47.4 Å². The number of ether oxygens (including phenoxy) is 1. The first-order valence-corrected chi connectivity index (χ1v) is 9.30. The molecule has 0 atom stereocenters. The molecule has 0 aromatic carbocycles. The number of morpholine rings is 1. The van der Waals surface area contributed by atoms with Crippen LogP contribution in [0, 0.1) is 0 Å². The van der Waals surface area contributed by atoms with Crippen molar-refractivity contribution in [1.82, 2.24) is 14.7 Å². The largest absolute Gasteiger partial charge is 0.378 e. The van der Waals surface area contributed by atoms with Crippen molar-refractivity contribution in [2.75, 3.05) is 31.2 Å². The molecule has 7 nitrogen and oxygen atoms in total. The van der Waals surface area contributed by atoms with Gasteiger partial charge in [0, 0.05) is 37.6 Å². The second kappa shape index (κ2) is 7.43. The smallest absolute Gasteiger partial charge is 0.242 e. The molecule has 0 saturated carbocycles. The standard InChI is InChI=1S/C15H17ClN4O3S/c16-14-4-3-13(11-18-14)24(21,22)19-10-12-2-1-5-17-15(12)20-6-8-23-9-7-20/h1-5,11,19H,6-10H2. The monoisotopic (exact) mass is 368 g/mol. The Morgan fingerprint density at radius 2 is 2.00 bits per heavy atom. The third kappa shape index (κ3) is 4.02. The van der Waals surface area contributed by atoms with Crippen LogP contribution < -0.4 is 9.62 Å². The highest BCUT2D eigenvalue weighted by molar-refractivity contribution is 7.89. The Hall–Kier alpha value is -1.74. The number of halogens is 1. The van der Waals surface area contributed by atoms with E-state index in [-0.39, 0.29) is 16.6 Å². The van der Waals surface area contributed by atoms with E-state index in [1.807, 2.05) is 6.07 Å². The predicted molar refractivity (Wildman–Crippen MR) is 90.5 cm³/mol. The maximum Gasteiger partial charge on any atom is 0.242 e. The second-order valence-electron chi connectivity index (χ2n) is 5.23. The van der Waals surface area contributed by atoms with Crippen molar-refractivity contribution in [3.8, 4) is 0 Å². The van der Waals surface area contributed by atoms with Crippen LogP contribution >= 0.6 is 11.6 Å². The Kier molecular flexibility index (Phi) is 5.30. The maximum absolute atomic E-state index is 12.4. The third-order valence-electron chi connectivity index (χ3n) is 3.64. The zero-order chi connectivity index (χ0) is 17.0. The first-order valence-electron chi connectivity index (χ1n) is 7.44.